The zero-order valence-corrected chi connectivity index (χ0v) is 12.3. The summed E-state index contributed by atoms with van der Waals surface area (Å²) < 4.78 is 27.3. The van der Waals surface area contributed by atoms with E-state index < -0.39 is 11.6 Å². The summed E-state index contributed by atoms with van der Waals surface area (Å²) in [5.41, 5.74) is 4.38. The summed E-state index contributed by atoms with van der Waals surface area (Å²) in [6, 6.07) is 11.3. The Hall–Kier alpha value is -1.30. The number of halogens is 3. The van der Waals surface area contributed by atoms with Crippen molar-refractivity contribution < 1.29 is 8.78 Å². The van der Waals surface area contributed by atoms with E-state index in [9.17, 15) is 8.78 Å². The van der Waals surface area contributed by atoms with Gasteiger partial charge in [0.05, 0.1) is 0 Å². The third-order valence-electron chi connectivity index (χ3n) is 3.01. The maximum atomic E-state index is 13.2. The maximum absolute atomic E-state index is 13.2. The highest BCUT2D eigenvalue weighted by Crippen LogP contribution is 2.15. The molecule has 0 heterocycles. The lowest BCUT2D eigenvalue weighted by molar-refractivity contribution is 0.516. The summed E-state index contributed by atoms with van der Waals surface area (Å²) in [5.74, 6) is 4.39. The lowest BCUT2D eigenvalue weighted by Gasteiger charge is -2.16. The van der Waals surface area contributed by atoms with Gasteiger partial charge >= 0.3 is 0 Å². The molecular formula is C15H15BrF2N2. The van der Waals surface area contributed by atoms with E-state index in [1.165, 1.54) is 12.1 Å². The molecule has 0 aliphatic carbocycles. The second kappa shape index (κ2) is 6.92. The summed E-state index contributed by atoms with van der Waals surface area (Å²) in [6.07, 6.45) is 1.13. The number of hydrogen-bond donors (Lipinski definition) is 2. The van der Waals surface area contributed by atoms with Crippen LogP contribution in [0.1, 0.15) is 11.1 Å². The van der Waals surface area contributed by atoms with Crippen LogP contribution in [0.3, 0.4) is 0 Å². The Balaban J connectivity index is 2.09. The van der Waals surface area contributed by atoms with Crippen molar-refractivity contribution in [3.63, 3.8) is 0 Å². The summed E-state index contributed by atoms with van der Waals surface area (Å²) in [5, 5.41) is 0. The molecule has 0 amide bonds. The van der Waals surface area contributed by atoms with Crippen LogP contribution in [0.2, 0.25) is 0 Å². The summed E-state index contributed by atoms with van der Waals surface area (Å²) in [6.45, 7) is 0. The molecule has 3 N–H and O–H groups in total. The Morgan fingerprint density at radius 1 is 1.00 bits per heavy atom. The van der Waals surface area contributed by atoms with E-state index in [2.05, 4.69) is 21.4 Å². The summed E-state index contributed by atoms with van der Waals surface area (Å²) >= 11 is 3.41. The Bertz CT molecular complexity index is 570. The molecule has 0 radical (unpaired) electrons. The molecular weight excluding hydrogens is 326 g/mol. The molecule has 1 unspecified atom stereocenters. The van der Waals surface area contributed by atoms with E-state index in [0.717, 1.165) is 16.1 Å². The fourth-order valence-electron chi connectivity index (χ4n) is 2.15. The first-order valence-electron chi connectivity index (χ1n) is 6.22. The number of nitrogens with one attached hydrogen (secondary N) is 1. The average molecular weight is 341 g/mol. The van der Waals surface area contributed by atoms with Gasteiger partial charge in [-0.15, -0.1) is 0 Å². The zero-order valence-electron chi connectivity index (χ0n) is 10.7. The van der Waals surface area contributed by atoms with Gasteiger partial charge < -0.3 is 0 Å². The summed E-state index contributed by atoms with van der Waals surface area (Å²) in [4.78, 5) is 0. The van der Waals surface area contributed by atoms with Crippen molar-refractivity contribution in [2.75, 3.05) is 0 Å². The number of nitrogens with two attached hydrogens (primary N) is 1. The Labute approximate surface area is 125 Å². The lowest BCUT2D eigenvalue weighted by atomic mass is 9.99. The highest BCUT2D eigenvalue weighted by Gasteiger charge is 2.11. The highest BCUT2D eigenvalue weighted by atomic mass is 79.9. The largest absolute Gasteiger partial charge is 0.271 e. The molecule has 0 aliphatic heterocycles. The quantitative estimate of drug-likeness (QED) is 0.647. The van der Waals surface area contributed by atoms with Crippen molar-refractivity contribution in [3.05, 3.63) is 69.7 Å². The molecule has 2 nitrogen and oxygen atoms in total. The van der Waals surface area contributed by atoms with E-state index in [4.69, 9.17) is 5.84 Å². The van der Waals surface area contributed by atoms with E-state index >= 15 is 0 Å². The number of rotatable bonds is 5. The lowest BCUT2D eigenvalue weighted by Crippen LogP contribution is -2.38. The van der Waals surface area contributed by atoms with E-state index in [0.29, 0.717) is 18.4 Å². The molecule has 20 heavy (non-hydrogen) atoms. The van der Waals surface area contributed by atoms with E-state index in [1.807, 2.05) is 24.3 Å². The highest BCUT2D eigenvalue weighted by molar-refractivity contribution is 9.10. The van der Waals surface area contributed by atoms with Crippen LogP contribution >= 0.6 is 15.9 Å². The molecule has 0 saturated carbocycles. The van der Waals surface area contributed by atoms with Crippen molar-refractivity contribution in [3.8, 4) is 0 Å². The van der Waals surface area contributed by atoms with Gasteiger partial charge in [0.1, 0.15) is 11.6 Å². The second-order valence-electron chi connectivity index (χ2n) is 4.68. The molecule has 0 aromatic heterocycles. The molecule has 0 bridgehead atoms. The summed E-state index contributed by atoms with van der Waals surface area (Å²) in [7, 11) is 0. The van der Waals surface area contributed by atoms with Gasteiger partial charge in [-0.1, -0.05) is 28.1 Å². The first-order valence-corrected chi connectivity index (χ1v) is 7.01. The Kier molecular flexibility index (Phi) is 5.23. The molecule has 106 valence electrons. The van der Waals surface area contributed by atoms with Crippen LogP contribution in [0, 0.1) is 11.6 Å². The minimum absolute atomic E-state index is 0.0921. The first-order chi connectivity index (χ1) is 9.56. The number of hydrazine groups is 1. The van der Waals surface area contributed by atoms with Crippen LogP contribution in [0.25, 0.3) is 0 Å². The van der Waals surface area contributed by atoms with Gasteiger partial charge in [0.2, 0.25) is 0 Å². The Morgan fingerprint density at radius 3 is 2.25 bits per heavy atom. The van der Waals surface area contributed by atoms with Crippen LogP contribution in [-0.4, -0.2) is 6.04 Å². The van der Waals surface area contributed by atoms with Crippen LogP contribution in [-0.2, 0) is 12.8 Å². The van der Waals surface area contributed by atoms with Crippen molar-refractivity contribution in [2.24, 2.45) is 5.84 Å². The molecule has 0 aliphatic rings. The van der Waals surface area contributed by atoms with Gasteiger partial charge in [-0.05, 0) is 48.2 Å². The standard InChI is InChI=1S/C15H15BrF2N2/c16-12-3-1-2-10(4-12)7-15(20-19)8-11-5-13(17)9-14(18)6-11/h1-6,9,15,20H,7-8,19H2. The predicted molar refractivity (Wildman–Crippen MR) is 79.0 cm³/mol. The van der Waals surface area contributed by atoms with Crippen LogP contribution < -0.4 is 11.3 Å². The number of hydrogen-bond acceptors (Lipinski definition) is 2. The minimum Gasteiger partial charge on any atom is -0.271 e. The van der Waals surface area contributed by atoms with Crippen molar-refractivity contribution in [2.45, 2.75) is 18.9 Å². The van der Waals surface area contributed by atoms with Gasteiger partial charge in [-0.3, -0.25) is 11.3 Å². The van der Waals surface area contributed by atoms with Gasteiger partial charge in [0.25, 0.3) is 0 Å². The van der Waals surface area contributed by atoms with Gasteiger partial charge in [-0.2, -0.15) is 0 Å². The smallest absolute Gasteiger partial charge is 0.126 e. The van der Waals surface area contributed by atoms with Crippen LogP contribution in [0.4, 0.5) is 8.78 Å². The maximum Gasteiger partial charge on any atom is 0.126 e. The molecule has 2 aromatic carbocycles. The van der Waals surface area contributed by atoms with Gasteiger partial charge in [-0.25, -0.2) is 8.78 Å². The molecule has 2 aromatic rings. The third kappa shape index (κ3) is 4.37. The van der Waals surface area contributed by atoms with Crippen molar-refractivity contribution >= 4 is 15.9 Å². The normalized spacial score (nSPS) is 12.4. The molecule has 0 fully saturated rings. The molecule has 2 rings (SSSR count). The molecule has 0 spiro atoms. The fraction of sp³-hybridized carbons (Fsp3) is 0.200. The SMILES string of the molecule is NNC(Cc1cc(F)cc(F)c1)Cc1cccc(Br)c1. The first kappa shape index (κ1) is 15.1. The van der Waals surface area contributed by atoms with E-state index in [-0.39, 0.29) is 6.04 Å². The number of benzene rings is 2. The van der Waals surface area contributed by atoms with Crippen molar-refractivity contribution in [1.29, 1.82) is 0 Å². The fourth-order valence-corrected chi connectivity index (χ4v) is 2.60. The molecule has 5 heteroatoms. The van der Waals surface area contributed by atoms with Crippen LogP contribution in [0.15, 0.2) is 46.9 Å². The third-order valence-corrected chi connectivity index (χ3v) is 3.50. The van der Waals surface area contributed by atoms with Crippen molar-refractivity contribution in [1.82, 2.24) is 5.43 Å². The van der Waals surface area contributed by atoms with Gasteiger partial charge in [0.15, 0.2) is 0 Å². The zero-order chi connectivity index (χ0) is 14.5. The topological polar surface area (TPSA) is 38.0 Å². The molecule has 1 atom stereocenters. The average Bonchev–Trinajstić information content (AvgIpc) is 2.36. The monoisotopic (exact) mass is 340 g/mol. The predicted octanol–water partition coefficient (Wildman–Crippen LogP) is 3.34. The van der Waals surface area contributed by atoms with E-state index in [1.54, 1.807) is 0 Å². The molecule has 0 saturated heterocycles. The second-order valence-corrected chi connectivity index (χ2v) is 5.60. The van der Waals surface area contributed by atoms with Crippen LogP contribution in [0.5, 0.6) is 0 Å². The van der Waals surface area contributed by atoms with Gasteiger partial charge in [0, 0.05) is 16.6 Å². The Morgan fingerprint density at radius 2 is 1.65 bits per heavy atom. The minimum atomic E-state index is -0.571.